The Morgan fingerprint density at radius 1 is 0.708 bits per heavy atom. The molecule has 0 atom stereocenters. The number of hydrogen-bond donors (Lipinski definition) is 1. The van der Waals surface area contributed by atoms with Crippen LogP contribution in [-0.4, -0.2) is 41.7 Å². The van der Waals surface area contributed by atoms with E-state index in [9.17, 15) is 61.1 Å². The molecule has 0 rings (SSSR count). The Labute approximate surface area is 137 Å². The lowest BCUT2D eigenvalue weighted by Crippen LogP contribution is -2.64. The van der Waals surface area contributed by atoms with Crippen LogP contribution in [0, 0.1) is 0 Å². The zero-order valence-corrected chi connectivity index (χ0v) is 13.1. The van der Waals surface area contributed by atoms with Crippen molar-refractivity contribution < 1.29 is 65.8 Å². The van der Waals surface area contributed by atoms with E-state index in [2.05, 4.69) is 5.14 Å². The fourth-order valence-corrected chi connectivity index (χ4v) is 1.52. The van der Waals surface area contributed by atoms with Crippen LogP contribution in [0.25, 0.3) is 0 Å². The molecule has 0 saturated carbocycles. The lowest BCUT2D eigenvalue weighted by molar-refractivity contribution is -0.483. The average Bonchev–Trinajstić information content (AvgIpc) is 2.23. The molecule has 0 saturated heterocycles. The fraction of sp³-hybridized carbons (Fsp3) is 1.00. The van der Waals surface area contributed by atoms with Crippen molar-refractivity contribution in [3.63, 3.8) is 0 Å². The molecule has 0 spiro atoms. The number of alkyl halides is 13. The highest BCUT2D eigenvalue weighted by atomic mass is 127. The summed E-state index contributed by atoms with van der Waals surface area (Å²) < 4.78 is 168. The number of halogens is 13. The van der Waals surface area contributed by atoms with Gasteiger partial charge < -0.3 is 0 Å². The highest BCUT2D eigenvalue weighted by molar-refractivity contribution is 14.1. The van der Waals surface area contributed by atoms with Crippen LogP contribution in [0.3, 0.4) is 0 Å². The summed E-state index contributed by atoms with van der Waals surface area (Å²) in [7, 11) is -6.77. The number of ether oxygens (including phenoxy) is 1. The summed E-state index contributed by atoms with van der Waals surface area (Å²) >= 11 is -0.753. The van der Waals surface area contributed by atoms with Crippen LogP contribution in [-0.2, 0) is 14.8 Å². The Kier molecular flexibility index (Phi) is 5.84. The van der Waals surface area contributed by atoms with Gasteiger partial charge in [0.1, 0.15) is 0 Å². The molecule has 0 aromatic carbocycles. The van der Waals surface area contributed by atoms with Crippen LogP contribution in [0.4, 0.5) is 52.7 Å². The van der Waals surface area contributed by atoms with E-state index in [-0.39, 0.29) is 0 Å². The van der Waals surface area contributed by atoms with Crippen LogP contribution in [0.2, 0.25) is 0 Å². The Hall–Kier alpha value is -0.240. The van der Waals surface area contributed by atoms with E-state index in [4.69, 9.17) is 0 Å². The first-order valence-electron chi connectivity index (χ1n) is 4.64. The number of hydrogen-bond acceptors (Lipinski definition) is 3. The monoisotopic (exact) mass is 523 g/mol. The van der Waals surface area contributed by atoms with Gasteiger partial charge in [-0.3, -0.25) is 0 Å². The molecule has 0 bridgehead atoms. The molecule has 0 unspecified atom stereocenters. The second-order valence-electron chi connectivity index (χ2n) is 3.84. The molecule has 24 heavy (non-hydrogen) atoms. The highest BCUT2D eigenvalue weighted by Gasteiger charge is 2.84. The third kappa shape index (κ3) is 3.64. The maximum atomic E-state index is 12.8. The lowest BCUT2D eigenvalue weighted by atomic mass is 10.1. The molecular weight excluding hydrogens is 521 g/mol. The van der Waals surface area contributed by atoms with Crippen molar-refractivity contribution in [1.29, 1.82) is 0 Å². The molecular formula is C6H2F12INO3S. The van der Waals surface area contributed by atoms with E-state index in [0.29, 0.717) is 0 Å². The molecule has 0 aliphatic carbocycles. The van der Waals surface area contributed by atoms with Gasteiger partial charge in [-0.25, -0.2) is 18.3 Å². The topological polar surface area (TPSA) is 69.4 Å². The van der Waals surface area contributed by atoms with Crippen molar-refractivity contribution in [2.24, 2.45) is 5.14 Å². The van der Waals surface area contributed by atoms with Crippen molar-refractivity contribution >= 4 is 32.6 Å². The van der Waals surface area contributed by atoms with Gasteiger partial charge in [0.05, 0.1) is 0 Å². The molecule has 4 nitrogen and oxygen atoms in total. The van der Waals surface area contributed by atoms with Crippen molar-refractivity contribution in [1.82, 2.24) is 0 Å². The molecule has 0 aliphatic rings. The van der Waals surface area contributed by atoms with Gasteiger partial charge in [0, 0.05) is 22.6 Å². The van der Waals surface area contributed by atoms with E-state index in [1.807, 2.05) is 0 Å². The fourth-order valence-electron chi connectivity index (χ4n) is 0.811. The summed E-state index contributed by atoms with van der Waals surface area (Å²) in [5.74, 6) is -14.5. The molecule has 0 aliphatic heterocycles. The first kappa shape index (κ1) is 23.8. The summed E-state index contributed by atoms with van der Waals surface area (Å²) in [5.41, 5.74) is 0. The summed E-state index contributed by atoms with van der Waals surface area (Å²) in [5, 5.41) is -3.25. The third-order valence-electron chi connectivity index (χ3n) is 2.07. The second kappa shape index (κ2) is 5.89. The van der Waals surface area contributed by atoms with Crippen LogP contribution >= 0.6 is 22.6 Å². The Bertz CT molecular complexity index is 584. The van der Waals surface area contributed by atoms with Crippen molar-refractivity contribution in [2.45, 2.75) is 33.2 Å². The first-order chi connectivity index (χ1) is 9.96. The largest absolute Gasteiger partial charge is 0.448 e. The van der Waals surface area contributed by atoms with E-state index in [1.54, 1.807) is 0 Å². The van der Waals surface area contributed by atoms with Gasteiger partial charge in [0.25, 0.3) is 10.0 Å². The lowest BCUT2D eigenvalue weighted by Gasteiger charge is -2.36. The van der Waals surface area contributed by atoms with Gasteiger partial charge in [0.2, 0.25) is 0 Å². The second-order valence-corrected chi connectivity index (χ2v) is 6.80. The van der Waals surface area contributed by atoms with E-state index < -0.39 is 65.9 Å². The van der Waals surface area contributed by atoms with Gasteiger partial charge >= 0.3 is 33.2 Å². The Morgan fingerprint density at radius 3 is 1.29 bits per heavy atom. The zero-order chi connectivity index (χ0) is 20.2. The van der Waals surface area contributed by atoms with Gasteiger partial charge in [-0.2, -0.15) is 52.7 Å². The normalized spacial score (nSPS) is 16.4. The average molecular weight is 523 g/mol. The molecule has 0 amide bonds. The molecule has 0 aromatic rings. The van der Waals surface area contributed by atoms with Crippen LogP contribution < -0.4 is 5.14 Å². The Balaban J connectivity index is 6.04. The predicted octanol–water partition coefficient (Wildman–Crippen LogP) is 3.37. The molecule has 2 N–H and O–H groups in total. The van der Waals surface area contributed by atoms with Crippen LogP contribution in [0.15, 0.2) is 0 Å². The van der Waals surface area contributed by atoms with Gasteiger partial charge in [0.15, 0.2) is 0 Å². The van der Waals surface area contributed by atoms with Gasteiger partial charge in [-0.15, -0.1) is 0 Å². The van der Waals surface area contributed by atoms with E-state index >= 15 is 0 Å². The standard InChI is InChI=1S/C6H2F12INO3S/c7-1(8,3(11,12)19)2(9,10)4(13,14)23-5(15,16)6(17,18)24(20,21)22/h(H2,20,21,22). The summed E-state index contributed by atoms with van der Waals surface area (Å²) in [4.78, 5) is 0. The number of primary sulfonamides is 1. The minimum atomic E-state index is -7.47. The van der Waals surface area contributed by atoms with Crippen LogP contribution in [0.1, 0.15) is 0 Å². The quantitative estimate of drug-likeness (QED) is 0.317. The maximum absolute atomic E-state index is 12.8. The highest BCUT2D eigenvalue weighted by Crippen LogP contribution is 2.57. The van der Waals surface area contributed by atoms with E-state index in [1.165, 1.54) is 4.74 Å². The van der Waals surface area contributed by atoms with Crippen LogP contribution in [0.5, 0.6) is 0 Å². The Morgan fingerprint density at radius 2 is 1.04 bits per heavy atom. The van der Waals surface area contributed by atoms with E-state index in [0.717, 1.165) is 0 Å². The van der Waals surface area contributed by atoms with Crippen molar-refractivity contribution in [2.75, 3.05) is 0 Å². The summed E-state index contributed by atoms with van der Waals surface area (Å²) in [6, 6.07) is 0. The van der Waals surface area contributed by atoms with Gasteiger partial charge in [-0.05, 0) is 0 Å². The molecule has 0 fully saturated rings. The molecule has 18 heteroatoms. The summed E-state index contributed by atoms with van der Waals surface area (Å²) in [6.07, 6.45) is -14.5. The van der Waals surface area contributed by atoms with Gasteiger partial charge in [-0.1, -0.05) is 0 Å². The molecule has 0 radical (unpaired) electrons. The minimum absolute atomic E-state index is 0.753. The number of rotatable bonds is 7. The third-order valence-corrected chi connectivity index (χ3v) is 3.70. The first-order valence-corrected chi connectivity index (χ1v) is 7.26. The molecule has 146 valence electrons. The maximum Gasteiger partial charge on any atom is 0.448 e. The number of sulfonamides is 1. The number of nitrogens with two attached hydrogens (primary N) is 1. The summed E-state index contributed by atoms with van der Waals surface area (Å²) in [6.45, 7) is 0. The SMILES string of the molecule is NS(=O)(=O)C(F)(F)C(F)(F)OC(F)(F)C(F)(F)C(F)(F)C(F)(F)I. The van der Waals surface area contributed by atoms with Crippen molar-refractivity contribution in [3.05, 3.63) is 0 Å². The van der Waals surface area contributed by atoms with Crippen molar-refractivity contribution in [3.8, 4) is 0 Å². The predicted molar refractivity (Wildman–Crippen MR) is 57.9 cm³/mol. The smallest absolute Gasteiger partial charge is 0.244 e. The molecule has 0 heterocycles. The minimum Gasteiger partial charge on any atom is -0.244 e. The zero-order valence-electron chi connectivity index (χ0n) is 10.1. The molecule has 0 aromatic heterocycles.